The van der Waals surface area contributed by atoms with Crippen molar-refractivity contribution in [2.45, 2.75) is 45.1 Å². The lowest BCUT2D eigenvalue weighted by molar-refractivity contribution is 0.247. The fourth-order valence-corrected chi connectivity index (χ4v) is 3.82. The number of nitrogens with two attached hydrogens (primary N) is 1. The third-order valence-corrected chi connectivity index (χ3v) is 5.33. The number of hydrogen-bond donors (Lipinski definition) is 1. The number of nitrogens with zero attached hydrogens (tertiary/aromatic N) is 1. The van der Waals surface area contributed by atoms with Crippen molar-refractivity contribution >= 4 is 11.3 Å². The van der Waals surface area contributed by atoms with Crippen molar-refractivity contribution in [3.8, 4) is 11.5 Å². The van der Waals surface area contributed by atoms with Gasteiger partial charge in [-0.3, -0.25) is 0 Å². The van der Waals surface area contributed by atoms with E-state index in [0.717, 1.165) is 35.2 Å². The van der Waals surface area contributed by atoms with Crippen molar-refractivity contribution in [1.29, 1.82) is 0 Å². The quantitative estimate of drug-likeness (QED) is 0.899. The van der Waals surface area contributed by atoms with E-state index in [1.165, 1.54) is 17.7 Å². The molecule has 0 unspecified atom stereocenters. The fraction of sp³-hybridized carbons (Fsp3) is 0.533. The molecule has 2 aromatic rings. The molecule has 1 aliphatic carbocycles. The van der Waals surface area contributed by atoms with E-state index in [1.807, 2.05) is 12.1 Å². The molecule has 1 fully saturated rings. The lowest BCUT2D eigenvalue weighted by atomic mass is 9.78. The van der Waals surface area contributed by atoms with Gasteiger partial charge in [0.15, 0.2) is 5.76 Å². The molecule has 3 rings (SSSR count). The third kappa shape index (κ3) is 2.35. The van der Waals surface area contributed by atoms with Crippen LogP contribution in [-0.4, -0.2) is 4.98 Å². The normalized spacial score (nSPS) is 27.6. The summed E-state index contributed by atoms with van der Waals surface area (Å²) in [5.74, 6) is 1.63. The van der Waals surface area contributed by atoms with Gasteiger partial charge in [0.05, 0.1) is 11.8 Å². The number of aromatic nitrogens is 1. The van der Waals surface area contributed by atoms with E-state index in [-0.39, 0.29) is 5.54 Å². The second-order valence-electron chi connectivity index (χ2n) is 5.74. The molecule has 4 heteroatoms. The summed E-state index contributed by atoms with van der Waals surface area (Å²) in [5.41, 5.74) is 7.32. The van der Waals surface area contributed by atoms with E-state index in [1.54, 1.807) is 17.6 Å². The number of thiazole rings is 1. The van der Waals surface area contributed by atoms with Gasteiger partial charge < -0.3 is 10.2 Å². The molecule has 0 radical (unpaired) electrons. The Hall–Kier alpha value is -1.13. The molecule has 0 aromatic carbocycles. The van der Waals surface area contributed by atoms with Crippen LogP contribution < -0.4 is 5.73 Å². The van der Waals surface area contributed by atoms with Gasteiger partial charge in [-0.05, 0) is 50.7 Å². The molecule has 0 aliphatic heterocycles. The highest BCUT2D eigenvalue weighted by Gasteiger charge is 2.35. The monoisotopic (exact) mass is 276 g/mol. The first-order valence-corrected chi connectivity index (χ1v) is 7.71. The molecule has 0 spiro atoms. The van der Waals surface area contributed by atoms with Crippen LogP contribution in [0.5, 0.6) is 0 Å². The molecular formula is C15H20N2OS. The molecule has 0 amide bonds. The Morgan fingerprint density at radius 1 is 1.42 bits per heavy atom. The predicted octanol–water partition coefficient (Wildman–Crippen LogP) is 4.08. The van der Waals surface area contributed by atoms with Crippen LogP contribution in [0.25, 0.3) is 11.5 Å². The van der Waals surface area contributed by atoms with Crippen LogP contribution in [0.2, 0.25) is 0 Å². The minimum Gasteiger partial charge on any atom is -0.463 e. The van der Waals surface area contributed by atoms with E-state index >= 15 is 0 Å². The van der Waals surface area contributed by atoms with Gasteiger partial charge in [-0.25, -0.2) is 4.98 Å². The van der Waals surface area contributed by atoms with Crippen molar-refractivity contribution < 1.29 is 4.42 Å². The first-order chi connectivity index (χ1) is 9.08. The molecule has 0 atom stereocenters. The van der Waals surface area contributed by atoms with Gasteiger partial charge >= 0.3 is 0 Å². The van der Waals surface area contributed by atoms with Crippen molar-refractivity contribution in [3.63, 3.8) is 0 Å². The summed E-state index contributed by atoms with van der Waals surface area (Å²) in [6, 6.07) is 3.85. The van der Waals surface area contributed by atoms with Crippen molar-refractivity contribution in [2.24, 2.45) is 11.7 Å². The average Bonchev–Trinajstić information content (AvgIpc) is 3.02. The van der Waals surface area contributed by atoms with Crippen LogP contribution in [0.15, 0.2) is 22.8 Å². The van der Waals surface area contributed by atoms with Crippen LogP contribution in [0.1, 0.15) is 42.5 Å². The number of rotatable bonds is 2. The zero-order valence-corrected chi connectivity index (χ0v) is 12.3. The molecule has 3 nitrogen and oxygen atoms in total. The topological polar surface area (TPSA) is 52.0 Å². The van der Waals surface area contributed by atoms with E-state index < -0.39 is 0 Å². The lowest BCUT2D eigenvalue weighted by Crippen LogP contribution is -2.40. The van der Waals surface area contributed by atoms with E-state index in [2.05, 4.69) is 13.8 Å². The van der Waals surface area contributed by atoms with E-state index in [9.17, 15) is 0 Å². The Labute approximate surface area is 117 Å². The third-order valence-electron chi connectivity index (χ3n) is 4.14. The number of hydrogen-bond acceptors (Lipinski definition) is 4. The SMILES string of the molecule is Cc1sc(C2(N)CCC(C)CC2)nc1-c1ccco1. The molecular weight excluding hydrogens is 256 g/mol. The van der Waals surface area contributed by atoms with Crippen LogP contribution >= 0.6 is 11.3 Å². The largest absolute Gasteiger partial charge is 0.463 e. The average molecular weight is 276 g/mol. The minimum absolute atomic E-state index is 0.229. The summed E-state index contributed by atoms with van der Waals surface area (Å²) in [4.78, 5) is 5.96. The number of aryl methyl sites for hydroxylation is 1. The maximum absolute atomic E-state index is 6.60. The van der Waals surface area contributed by atoms with E-state index in [4.69, 9.17) is 15.1 Å². The second-order valence-corrected chi connectivity index (χ2v) is 6.94. The maximum Gasteiger partial charge on any atom is 0.153 e. The molecule has 2 N–H and O–H groups in total. The Balaban J connectivity index is 1.92. The van der Waals surface area contributed by atoms with Crippen molar-refractivity contribution in [2.75, 3.05) is 0 Å². The molecule has 0 saturated heterocycles. The highest BCUT2D eigenvalue weighted by atomic mass is 32.1. The maximum atomic E-state index is 6.60. The van der Waals surface area contributed by atoms with Gasteiger partial charge in [0, 0.05) is 4.88 Å². The molecule has 19 heavy (non-hydrogen) atoms. The highest BCUT2D eigenvalue weighted by Crippen LogP contribution is 2.41. The first kappa shape index (κ1) is 12.9. The highest BCUT2D eigenvalue weighted by molar-refractivity contribution is 7.12. The first-order valence-electron chi connectivity index (χ1n) is 6.89. The molecule has 0 bridgehead atoms. The summed E-state index contributed by atoms with van der Waals surface area (Å²) in [7, 11) is 0. The smallest absolute Gasteiger partial charge is 0.153 e. The standard InChI is InChI=1S/C15H20N2OS/c1-10-5-7-15(16,8-6-10)14-17-13(11(2)19-14)12-4-3-9-18-12/h3-4,9-10H,5-8,16H2,1-2H3. The molecule has 102 valence electrons. The van der Waals surface area contributed by atoms with Gasteiger partial charge in [-0.2, -0.15) is 0 Å². The van der Waals surface area contributed by atoms with Crippen molar-refractivity contribution in [1.82, 2.24) is 4.98 Å². The van der Waals surface area contributed by atoms with Gasteiger partial charge in [0.2, 0.25) is 0 Å². The van der Waals surface area contributed by atoms with Crippen LogP contribution in [0, 0.1) is 12.8 Å². The summed E-state index contributed by atoms with van der Waals surface area (Å²) >= 11 is 1.72. The summed E-state index contributed by atoms with van der Waals surface area (Å²) < 4.78 is 5.45. The Morgan fingerprint density at radius 2 is 2.16 bits per heavy atom. The zero-order chi connectivity index (χ0) is 13.5. The van der Waals surface area contributed by atoms with Gasteiger partial charge in [-0.1, -0.05) is 6.92 Å². The van der Waals surface area contributed by atoms with Gasteiger partial charge in [0.1, 0.15) is 10.7 Å². The predicted molar refractivity (Wildman–Crippen MR) is 78.1 cm³/mol. The number of furan rings is 1. The Morgan fingerprint density at radius 3 is 2.79 bits per heavy atom. The second kappa shape index (κ2) is 4.76. The molecule has 2 heterocycles. The van der Waals surface area contributed by atoms with Crippen LogP contribution in [-0.2, 0) is 5.54 Å². The summed E-state index contributed by atoms with van der Waals surface area (Å²) in [6.45, 7) is 4.40. The summed E-state index contributed by atoms with van der Waals surface area (Å²) in [6.07, 6.45) is 6.17. The molecule has 1 saturated carbocycles. The van der Waals surface area contributed by atoms with Gasteiger partial charge in [0.25, 0.3) is 0 Å². The Kier molecular flexibility index (Phi) is 3.23. The summed E-state index contributed by atoms with van der Waals surface area (Å²) in [5, 5.41) is 1.07. The van der Waals surface area contributed by atoms with Gasteiger partial charge in [-0.15, -0.1) is 11.3 Å². The fourth-order valence-electron chi connectivity index (χ4n) is 2.74. The molecule has 1 aliphatic rings. The van der Waals surface area contributed by atoms with E-state index in [0.29, 0.717) is 0 Å². The Bertz CT molecular complexity index is 551. The lowest BCUT2D eigenvalue weighted by Gasteiger charge is -2.34. The minimum atomic E-state index is -0.229. The van der Waals surface area contributed by atoms with Crippen LogP contribution in [0.3, 0.4) is 0 Å². The van der Waals surface area contributed by atoms with Crippen LogP contribution in [0.4, 0.5) is 0 Å². The zero-order valence-electron chi connectivity index (χ0n) is 11.5. The molecule has 2 aromatic heterocycles. The van der Waals surface area contributed by atoms with Crippen molar-refractivity contribution in [3.05, 3.63) is 28.3 Å².